The molecule has 0 saturated carbocycles. The maximum Gasteiger partial charge on any atom is 0.252 e. The molecule has 0 radical (unpaired) electrons. The summed E-state index contributed by atoms with van der Waals surface area (Å²) in [6.07, 6.45) is 2.07. The molecule has 1 aromatic rings. The van der Waals surface area contributed by atoms with Crippen molar-refractivity contribution in [3.8, 4) is 6.07 Å². The van der Waals surface area contributed by atoms with E-state index >= 15 is 0 Å². The second kappa shape index (κ2) is 3.54. The van der Waals surface area contributed by atoms with Gasteiger partial charge in [-0.15, -0.1) is 5.10 Å². The summed E-state index contributed by atoms with van der Waals surface area (Å²) in [4.78, 5) is 3.74. The molecule has 0 aliphatic rings. The van der Waals surface area contributed by atoms with Crippen LogP contribution in [0.25, 0.3) is 0 Å². The highest BCUT2D eigenvalue weighted by Crippen LogP contribution is 2.07. The van der Waals surface area contributed by atoms with Crippen LogP contribution in [0.1, 0.15) is 26.1 Å². The number of rotatable bonds is 3. The molecule has 0 saturated heterocycles. The zero-order valence-corrected chi connectivity index (χ0v) is 7.73. The van der Waals surface area contributed by atoms with Gasteiger partial charge in [-0.2, -0.15) is 5.26 Å². The molecule has 0 aliphatic heterocycles. The monoisotopic (exact) mass is 180 g/mol. The third-order valence-electron chi connectivity index (χ3n) is 1.59. The fraction of sp³-hybridized carbons (Fsp3) is 0.625. The van der Waals surface area contributed by atoms with Crippen molar-refractivity contribution in [2.45, 2.75) is 32.4 Å². The zero-order chi connectivity index (χ0) is 9.90. The Kier molecular flexibility index (Phi) is 2.63. The number of nitriles is 1. The van der Waals surface area contributed by atoms with Gasteiger partial charge in [0.25, 0.3) is 5.82 Å². The highest BCUT2D eigenvalue weighted by molar-refractivity contribution is 5.05. The van der Waals surface area contributed by atoms with Gasteiger partial charge in [0.1, 0.15) is 12.4 Å². The summed E-state index contributed by atoms with van der Waals surface area (Å²) in [6.45, 7) is 4.03. The number of hydrogen-bond donors (Lipinski definition) is 1. The van der Waals surface area contributed by atoms with Crippen molar-refractivity contribution in [1.29, 1.82) is 5.26 Å². The van der Waals surface area contributed by atoms with E-state index in [2.05, 4.69) is 10.1 Å². The van der Waals surface area contributed by atoms with E-state index < -0.39 is 5.60 Å². The topological polar surface area (TPSA) is 74.7 Å². The van der Waals surface area contributed by atoms with E-state index in [4.69, 9.17) is 5.26 Å². The van der Waals surface area contributed by atoms with Gasteiger partial charge in [0, 0.05) is 6.54 Å². The summed E-state index contributed by atoms with van der Waals surface area (Å²) in [5.41, 5.74) is -0.710. The standard InChI is InChI=1S/C8H12N4O/c1-8(2,13)3-4-12-6-10-7(5-9)11-12/h6,13H,3-4H2,1-2H3. The third-order valence-corrected chi connectivity index (χ3v) is 1.59. The van der Waals surface area contributed by atoms with Gasteiger partial charge in [0.05, 0.1) is 5.60 Å². The molecule has 0 atom stereocenters. The molecule has 0 amide bonds. The third kappa shape index (κ3) is 3.22. The Morgan fingerprint density at radius 2 is 2.38 bits per heavy atom. The van der Waals surface area contributed by atoms with Gasteiger partial charge in [0.15, 0.2) is 0 Å². The second-order valence-corrected chi connectivity index (χ2v) is 3.51. The van der Waals surface area contributed by atoms with Crippen LogP contribution in [0, 0.1) is 11.3 Å². The van der Waals surface area contributed by atoms with E-state index in [1.165, 1.54) is 6.33 Å². The van der Waals surface area contributed by atoms with Crippen molar-refractivity contribution in [3.63, 3.8) is 0 Å². The van der Waals surface area contributed by atoms with Gasteiger partial charge in [-0.05, 0) is 20.3 Å². The fourth-order valence-electron chi connectivity index (χ4n) is 0.842. The summed E-state index contributed by atoms with van der Waals surface area (Å²) in [5, 5.41) is 21.7. The minimum atomic E-state index is -0.710. The van der Waals surface area contributed by atoms with E-state index in [1.807, 2.05) is 6.07 Å². The smallest absolute Gasteiger partial charge is 0.252 e. The summed E-state index contributed by atoms with van der Waals surface area (Å²) >= 11 is 0. The predicted octanol–water partition coefficient (Wildman–Crippen LogP) is 0.311. The molecule has 1 heterocycles. The molecule has 1 N–H and O–H groups in total. The van der Waals surface area contributed by atoms with Crippen LogP contribution in [0.15, 0.2) is 6.33 Å². The van der Waals surface area contributed by atoms with Crippen LogP contribution in [0.3, 0.4) is 0 Å². The molecule has 5 nitrogen and oxygen atoms in total. The first-order valence-electron chi connectivity index (χ1n) is 4.03. The molecule has 0 bridgehead atoms. The van der Waals surface area contributed by atoms with Crippen LogP contribution in [-0.2, 0) is 6.54 Å². The van der Waals surface area contributed by atoms with Crippen LogP contribution >= 0.6 is 0 Å². The molecule has 0 spiro atoms. The lowest BCUT2D eigenvalue weighted by molar-refractivity contribution is 0.0650. The molecule has 1 aromatic heterocycles. The number of aliphatic hydroxyl groups is 1. The minimum Gasteiger partial charge on any atom is -0.390 e. The van der Waals surface area contributed by atoms with Crippen LogP contribution in [0.2, 0.25) is 0 Å². The lowest BCUT2D eigenvalue weighted by Crippen LogP contribution is -2.21. The minimum absolute atomic E-state index is 0.163. The van der Waals surface area contributed by atoms with Crippen LogP contribution in [0.4, 0.5) is 0 Å². The molecule has 13 heavy (non-hydrogen) atoms. The van der Waals surface area contributed by atoms with Gasteiger partial charge in [-0.25, -0.2) is 4.98 Å². The number of aromatic nitrogens is 3. The van der Waals surface area contributed by atoms with Crippen LogP contribution in [0.5, 0.6) is 0 Å². The quantitative estimate of drug-likeness (QED) is 0.726. The molecule has 70 valence electrons. The second-order valence-electron chi connectivity index (χ2n) is 3.51. The van der Waals surface area contributed by atoms with E-state index in [0.717, 1.165) is 0 Å². The van der Waals surface area contributed by atoms with Gasteiger partial charge in [-0.1, -0.05) is 0 Å². The Balaban J connectivity index is 2.52. The molecular formula is C8H12N4O. The van der Waals surface area contributed by atoms with E-state index in [0.29, 0.717) is 13.0 Å². The first-order chi connectivity index (χ1) is 6.01. The van der Waals surface area contributed by atoms with E-state index in [9.17, 15) is 5.11 Å². The Morgan fingerprint density at radius 3 is 2.85 bits per heavy atom. The van der Waals surface area contributed by atoms with Crippen molar-refractivity contribution in [2.75, 3.05) is 0 Å². The predicted molar refractivity (Wildman–Crippen MR) is 45.7 cm³/mol. The van der Waals surface area contributed by atoms with Crippen LogP contribution in [-0.4, -0.2) is 25.5 Å². The number of aryl methyl sites for hydroxylation is 1. The molecular weight excluding hydrogens is 168 g/mol. The maximum atomic E-state index is 9.42. The van der Waals surface area contributed by atoms with Gasteiger partial charge in [0.2, 0.25) is 0 Å². The van der Waals surface area contributed by atoms with Crippen LogP contribution < -0.4 is 0 Å². The van der Waals surface area contributed by atoms with Gasteiger partial charge >= 0.3 is 0 Å². The van der Waals surface area contributed by atoms with Crippen molar-refractivity contribution in [1.82, 2.24) is 14.8 Å². The highest BCUT2D eigenvalue weighted by atomic mass is 16.3. The molecule has 0 fully saturated rings. The largest absolute Gasteiger partial charge is 0.390 e. The Morgan fingerprint density at radius 1 is 1.69 bits per heavy atom. The Bertz CT molecular complexity index is 318. The van der Waals surface area contributed by atoms with Crippen molar-refractivity contribution < 1.29 is 5.11 Å². The molecule has 0 aromatic carbocycles. The highest BCUT2D eigenvalue weighted by Gasteiger charge is 2.12. The van der Waals surface area contributed by atoms with Gasteiger partial charge in [-0.3, -0.25) is 4.68 Å². The lowest BCUT2D eigenvalue weighted by atomic mass is 10.1. The molecule has 1 rings (SSSR count). The average Bonchev–Trinajstić information content (AvgIpc) is 2.47. The summed E-state index contributed by atoms with van der Waals surface area (Å²) in [5.74, 6) is 0.163. The average molecular weight is 180 g/mol. The van der Waals surface area contributed by atoms with E-state index in [-0.39, 0.29) is 5.82 Å². The van der Waals surface area contributed by atoms with Gasteiger partial charge < -0.3 is 5.11 Å². The normalized spacial score (nSPS) is 11.2. The molecule has 0 aliphatic carbocycles. The maximum absolute atomic E-state index is 9.42. The lowest BCUT2D eigenvalue weighted by Gasteiger charge is -2.15. The first-order valence-corrected chi connectivity index (χ1v) is 4.03. The molecule has 5 heteroatoms. The zero-order valence-electron chi connectivity index (χ0n) is 7.73. The first kappa shape index (κ1) is 9.68. The number of hydrogen-bond acceptors (Lipinski definition) is 4. The van der Waals surface area contributed by atoms with Crippen molar-refractivity contribution in [3.05, 3.63) is 12.2 Å². The van der Waals surface area contributed by atoms with Crippen molar-refractivity contribution >= 4 is 0 Å². The Labute approximate surface area is 76.6 Å². The Hall–Kier alpha value is -1.41. The number of nitrogens with zero attached hydrogens (tertiary/aromatic N) is 4. The SMILES string of the molecule is CC(C)(O)CCn1cnc(C#N)n1. The summed E-state index contributed by atoms with van der Waals surface area (Å²) < 4.78 is 1.55. The van der Waals surface area contributed by atoms with Crippen molar-refractivity contribution in [2.24, 2.45) is 0 Å². The fourth-order valence-corrected chi connectivity index (χ4v) is 0.842. The summed E-state index contributed by atoms with van der Waals surface area (Å²) in [7, 11) is 0. The summed E-state index contributed by atoms with van der Waals surface area (Å²) in [6, 6.07) is 1.84. The van der Waals surface area contributed by atoms with E-state index in [1.54, 1.807) is 18.5 Å². The molecule has 0 unspecified atom stereocenters.